The van der Waals surface area contributed by atoms with Crippen LogP contribution < -0.4 is 21.3 Å². The first-order valence-corrected chi connectivity index (χ1v) is 5.67. The minimum absolute atomic E-state index is 0.316. The molecule has 0 aliphatic carbocycles. The van der Waals surface area contributed by atoms with Crippen molar-refractivity contribution in [2.45, 2.75) is 19.9 Å². The molecular formula is C10H19N7O. The van der Waals surface area contributed by atoms with Crippen LogP contribution in [0.25, 0.3) is 0 Å². The fourth-order valence-electron chi connectivity index (χ4n) is 1.13. The van der Waals surface area contributed by atoms with E-state index in [1.54, 1.807) is 11.8 Å². The van der Waals surface area contributed by atoms with Crippen LogP contribution in [0.15, 0.2) is 0 Å². The summed E-state index contributed by atoms with van der Waals surface area (Å²) < 4.78 is 0. The van der Waals surface area contributed by atoms with Crippen molar-refractivity contribution in [3.63, 3.8) is 0 Å². The monoisotopic (exact) mass is 253 g/mol. The first-order valence-electron chi connectivity index (χ1n) is 5.67. The van der Waals surface area contributed by atoms with Crippen LogP contribution >= 0.6 is 0 Å². The maximum Gasteiger partial charge on any atom is 0.239 e. The number of carbonyl (C=O) groups excluding carboxylic acids is 1. The molecule has 1 rings (SSSR count). The number of carbonyl (C=O) groups is 1. The van der Waals surface area contributed by atoms with Gasteiger partial charge in [0, 0.05) is 20.6 Å². The largest absolute Gasteiger partial charge is 0.368 e. The van der Waals surface area contributed by atoms with Gasteiger partial charge in [-0.15, -0.1) is 0 Å². The van der Waals surface area contributed by atoms with E-state index in [4.69, 9.17) is 5.73 Å². The maximum absolute atomic E-state index is 11.0. The number of nitrogens with two attached hydrogens (primary N) is 1. The van der Waals surface area contributed by atoms with Crippen molar-refractivity contribution in [1.82, 2.24) is 15.0 Å². The number of aromatic nitrogens is 3. The molecule has 18 heavy (non-hydrogen) atoms. The molecule has 0 aliphatic rings. The Morgan fingerprint density at radius 2 is 1.94 bits per heavy atom. The zero-order valence-corrected chi connectivity index (χ0v) is 11.1. The van der Waals surface area contributed by atoms with E-state index in [0.717, 1.165) is 0 Å². The number of rotatable bonds is 6. The Bertz CT molecular complexity index is 421. The average molecular weight is 253 g/mol. The Morgan fingerprint density at radius 1 is 1.33 bits per heavy atom. The van der Waals surface area contributed by atoms with E-state index in [2.05, 4.69) is 25.6 Å². The maximum atomic E-state index is 11.0. The minimum atomic E-state index is -0.545. The van der Waals surface area contributed by atoms with E-state index in [0.29, 0.717) is 24.4 Å². The Labute approximate surface area is 106 Å². The molecule has 100 valence electrons. The van der Waals surface area contributed by atoms with Crippen LogP contribution in [0.4, 0.5) is 17.8 Å². The Balaban J connectivity index is 2.99. The molecule has 4 N–H and O–H groups in total. The molecule has 0 aromatic carbocycles. The van der Waals surface area contributed by atoms with E-state index in [9.17, 15) is 4.79 Å². The van der Waals surface area contributed by atoms with Gasteiger partial charge in [-0.2, -0.15) is 15.0 Å². The molecule has 0 saturated heterocycles. The highest BCUT2D eigenvalue weighted by Gasteiger charge is 2.13. The van der Waals surface area contributed by atoms with Gasteiger partial charge in [0.1, 0.15) is 6.04 Å². The SMILES string of the molecule is CCNc1nc(NC(C)C(N)=O)nc(N(C)C)n1. The molecule has 0 radical (unpaired) electrons. The van der Waals surface area contributed by atoms with Crippen molar-refractivity contribution in [3.05, 3.63) is 0 Å². The second kappa shape index (κ2) is 5.99. The molecular weight excluding hydrogens is 234 g/mol. The highest BCUT2D eigenvalue weighted by molar-refractivity contribution is 5.81. The summed E-state index contributed by atoms with van der Waals surface area (Å²) in [7, 11) is 3.65. The highest BCUT2D eigenvalue weighted by atomic mass is 16.1. The van der Waals surface area contributed by atoms with Crippen LogP contribution in [0, 0.1) is 0 Å². The van der Waals surface area contributed by atoms with Gasteiger partial charge in [0.05, 0.1) is 0 Å². The van der Waals surface area contributed by atoms with Crippen LogP contribution in [0.3, 0.4) is 0 Å². The lowest BCUT2D eigenvalue weighted by Crippen LogP contribution is -2.33. The summed E-state index contributed by atoms with van der Waals surface area (Å²) in [5, 5.41) is 5.83. The van der Waals surface area contributed by atoms with Gasteiger partial charge in [-0.25, -0.2) is 0 Å². The fourth-order valence-corrected chi connectivity index (χ4v) is 1.13. The van der Waals surface area contributed by atoms with E-state index >= 15 is 0 Å². The lowest BCUT2D eigenvalue weighted by Gasteiger charge is -2.15. The lowest BCUT2D eigenvalue weighted by atomic mass is 10.3. The van der Waals surface area contributed by atoms with Crippen molar-refractivity contribution < 1.29 is 4.79 Å². The average Bonchev–Trinajstić information content (AvgIpc) is 2.28. The summed E-state index contributed by atoms with van der Waals surface area (Å²) in [5.74, 6) is 0.804. The Hall–Kier alpha value is -2.12. The topological polar surface area (TPSA) is 109 Å². The number of hydrogen-bond donors (Lipinski definition) is 3. The molecule has 1 unspecified atom stereocenters. The third-order valence-electron chi connectivity index (χ3n) is 2.13. The molecule has 1 amide bonds. The quantitative estimate of drug-likeness (QED) is 0.636. The van der Waals surface area contributed by atoms with Crippen molar-refractivity contribution in [2.75, 3.05) is 36.2 Å². The molecule has 8 heteroatoms. The van der Waals surface area contributed by atoms with Gasteiger partial charge in [0.15, 0.2) is 0 Å². The van der Waals surface area contributed by atoms with Crippen LogP contribution in [-0.2, 0) is 4.79 Å². The molecule has 0 fully saturated rings. The molecule has 1 aromatic rings. The number of nitrogens with one attached hydrogen (secondary N) is 2. The number of primary amides is 1. The van der Waals surface area contributed by atoms with Crippen molar-refractivity contribution in [3.8, 4) is 0 Å². The van der Waals surface area contributed by atoms with Crippen LogP contribution in [-0.4, -0.2) is 47.5 Å². The summed E-state index contributed by atoms with van der Waals surface area (Å²) >= 11 is 0. The summed E-state index contributed by atoms with van der Waals surface area (Å²) in [4.78, 5) is 25.3. The second-order valence-electron chi connectivity index (χ2n) is 3.98. The predicted octanol–water partition coefficient (Wildman–Crippen LogP) is -0.345. The van der Waals surface area contributed by atoms with Gasteiger partial charge in [-0.05, 0) is 13.8 Å². The van der Waals surface area contributed by atoms with Gasteiger partial charge in [0.25, 0.3) is 0 Å². The summed E-state index contributed by atoms with van der Waals surface area (Å²) in [6.07, 6.45) is 0. The molecule has 0 aliphatic heterocycles. The van der Waals surface area contributed by atoms with Gasteiger partial charge >= 0.3 is 0 Å². The first kappa shape index (κ1) is 13.9. The van der Waals surface area contributed by atoms with Gasteiger partial charge < -0.3 is 21.3 Å². The van der Waals surface area contributed by atoms with E-state index in [-0.39, 0.29) is 0 Å². The second-order valence-corrected chi connectivity index (χ2v) is 3.98. The van der Waals surface area contributed by atoms with Crippen LogP contribution in [0.5, 0.6) is 0 Å². The van der Waals surface area contributed by atoms with Gasteiger partial charge in [0.2, 0.25) is 23.8 Å². The minimum Gasteiger partial charge on any atom is -0.368 e. The molecule has 8 nitrogen and oxygen atoms in total. The van der Waals surface area contributed by atoms with Crippen LogP contribution in [0.2, 0.25) is 0 Å². The van der Waals surface area contributed by atoms with E-state index in [1.165, 1.54) is 0 Å². The molecule has 1 aromatic heterocycles. The smallest absolute Gasteiger partial charge is 0.239 e. The number of nitrogens with zero attached hydrogens (tertiary/aromatic N) is 4. The van der Waals surface area contributed by atoms with Crippen LogP contribution in [0.1, 0.15) is 13.8 Å². The third-order valence-corrected chi connectivity index (χ3v) is 2.13. The first-order chi connectivity index (χ1) is 8.43. The van der Waals surface area contributed by atoms with E-state index in [1.807, 2.05) is 21.0 Å². The Kier molecular flexibility index (Phi) is 4.64. The van der Waals surface area contributed by atoms with Crippen molar-refractivity contribution in [2.24, 2.45) is 5.73 Å². The number of amides is 1. The summed E-state index contributed by atoms with van der Waals surface area (Å²) in [6.45, 7) is 4.29. The normalized spacial score (nSPS) is 11.8. The van der Waals surface area contributed by atoms with Gasteiger partial charge in [-0.1, -0.05) is 0 Å². The van der Waals surface area contributed by atoms with Crippen molar-refractivity contribution in [1.29, 1.82) is 0 Å². The molecule has 1 heterocycles. The highest BCUT2D eigenvalue weighted by Crippen LogP contribution is 2.11. The number of hydrogen-bond acceptors (Lipinski definition) is 7. The molecule has 0 bridgehead atoms. The molecule has 0 spiro atoms. The van der Waals surface area contributed by atoms with Gasteiger partial charge in [-0.3, -0.25) is 4.79 Å². The van der Waals surface area contributed by atoms with Crippen molar-refractivity contribution >= 4 is 23.8 Å². The Morgan fingerprint density at radius 3 is 2.44 bits per heavy atom. The third kappa shape index (κ3) is 3.72. The molecule has 0 saturated carbocycles. The summed E-state index contributed by atoms with van der Waals surface area (Å²) in [5.41, 5.74) is 5.18. The predicted molar refractivity (Wildman–Crippen MR) is 70.6 cm³/mol. The standard InChI is InChI=1S/C10H19N7O/c1-5-12-8-14-9(13-6(2)7(11)18)16-10(15-8)17(3)4/h6H,5H2,1-4H3,(H2,11,18)(H2,12,13,14,15,16). The summed E-state index contributed by atoms with van der Waals surface area (Å²) in [6, 6.07) is -0.545. The van der Waals surface area contributed by atoms with E-state index < -0.39 is 11.9 Å². The lowest BCUT2D eigenvalue weighted by molar-refractivity contribution is -0.118. The zero-order valence-electron chi connectivity index (χ0n) is 11.1. The number of anilines is 3. The fraction of sp³-hybridized carbons (Fsp3) is 0.600. The zero-order chi connectivity index (χ0) is 13.7. The molecule has 1 atom stereocenters.